The quantitative estimate of drug-likeness (QED) is 0.447. The smallest absolute Gasteiger partial charge is 0.263 e. The molecule has 196 valence electrons. The zero-order chi connectivity index (χ0) is 26.8. The van der Waals surface area contributed by atoms with Crippen LogP contribution in [0.3, 0.4) is 0 Å². The first kappa shape index (κ1) is 27.1. The molecule has 0 unspecified atom stereocenters. The fourth-order valence-electron chi connectivity index (χ4n) is 3.76. The highest BCUT2D eigenvalue weighted by Gasteiger charge is 2.26. The van der Waals surface area contributed by atoms with Gasteiger partial charge in [-0.05, 0) is 73.5 Å². The Kier molecular flexibility index (Phi) is 7.91. The molecule has 0 bridgehead atoms. The summed E-state index contributed by atoms with van der Waals surface area (Å²) in [7, 11) is -7.75. The van der Waals surface area contributed by atoms with Crippen LogP contribution in [-0.4, -0.2) is 53.4 Å². The Labute approximate surface area is 221 Å². The Bertz CT molecular complexity index is 1540. The number of amides is 1. The first-order valence-electron chi connectivity index (χ1n) is 11.4. The van der Waals surface area contributed by atoms with Gasteiger partial charge in [-0.15, -0.1) is 0 Å². The molecule has 9 nitrogen and oxygen atoms in total. The second kappa shape index (κ2) is 10.8. The van der Waals surface area contributed by atoms with Crippen LogP contribution in [0.5, 0.6) is 0 Å². The van der Waals surface area contributed by atoms with Gasteiger partial charge >= 0.3 is 0 Å². The number of carbonyl (C=O) groups excluding carboxylic acids is 1. The molecule has 1 saturated heterocycles. The van der Waals surface area contributed by atoms with Gasteiger partial charge in [-0.1, -0.05) is 23.7 Å². The van der Waals surface area contributed by atoms with Crippen molar-refractivity contribution in [1.29, 1.82) is 0 Å². The number of hydrogen-bond acceptors (Lipinski definition) is 6. The van der Waals surface area contributed by atoms with Crippen molar-refractivity contribution >= 4 is 48.9 Å². The molecule has 0 radical (unpaired) electrons. The lowest BCUT2D eigenvalue weighted by molar-refractivity contribution is 0.0730. The molecule has 37 heavy (non-hydrogen) atoms. The third kappa shape index (κ3) is 5.97. The molecule has 0 aromatic heterocycles. The van der Waals surface area contributed by atoms with E-state index in [0.717, 1.165) is 11.1 Å². The van der Waals surface area contributed by atoms with E-state index in [9.17, 15) is 21.6 Å². The van der Waals surface area contributed by atoms with E-state index >= 15 is 0 Å². The van der Waals surface area contributed by atoms with Gasteiger partial charge in [-0.3, -0.25) is 9.52 Å². The molecule has 3 aromatic rings. The summed E-state index contributed by atoms with van der Waals surface area (Å²) in [5, 5.41) is 2.62. The minimum Gasteiger partial charge on any atom is -0.379 e. The molecule has 1 fully saturated rings. The molecule has 4 rings (SSSR count). The zero-order valence-electron chi connectivity index (χ0n) is 20.2. The van der Waals surface area contributed by atoms with Crippen LogP contribution in [0.4, 0.5) is 11.4 Å². The van der Waals surface area contributed by atoms with Crippen LogP contribution in [0.15, 0.2) is 70.5 Å². The molecule has 1 amide bonds. The third-order valence-electron chi connectivity index (χ3n) is 6.05. The number of sulfonamides is 2. The Morgan fingerprint density at radius 2 is 1.62 bits per heavy atom. The number of anilines is 2. The van der Waals surface area contributed by atoms with Crippen molar-refractivity contribution < 1.29 is 26.4 Å². The number of halogens is 1. The Morgan fingerprint density at radius 1 is 0.946 bits per heavy atom. The molecule has 0 spiro atoms. The van der Waals surface area contributed by atoms with Gasteiger partial charge in [0, 0.05) is 24.3 Å². The lowest BCUT2D eigenvalue weighted by Gasteiger charge is -2.26. The summed E-state index contributed by atoms with van der Waals surface area (Å²) >= 11 is 6.19. The molecule has 0 atom stereocenters. The van der Waals surface area contributed by atoms with Crippen molar-refractivity contribution in [2.75, 3.05) is 36.3 Å². The number of nitrogens with one attached hydrogen (secondary N) is 2. The highest BCUT2D eigenvalue weighted by molar-refractivity contribution is 7.92. The molecule has 1 heterocycles. The molecule has 2 N–H and O–H groups in total. The van der Waals surface area contributed by atoms with Gasteiger partial charge in [0.1, 0.15) is 4.90 Å². The number of morpholine rings is 1. The van der Waals surface area contributed by atoms with Gasteiger partial charge in [-0.25, -0.2) is 16.8 Å². The summed E-state index contributed by atoms with van der Waals surface area (Å²) in [5.41, 5.74) is 2.52. The van der Waals surface area contributed by atoms with Crippen LogP contribution >= 0.6 is 11.6 Å². The lowest BCUT2D eigenvalue weighted by Crippen LogP contribution is -2.40. The maximum atomic E-state index is 13.1. The summed E-state index contributed by atoms with van der Waals surface area (Å²) in [6, 6.07) is 15.0. The fraction of sp³-hybridized carbons (Fsp3) is 0.240. The summed E-state index contributed by atoms with van der Waals surface area (Å²) in [5.74, 6) is -0.580. The van der Waals surface area contributed by atoms with Crippen LogP contribution in [-0.2, 0) is 24.8 Å². The number of rotatable bonds is 7. The number of aryl methyl sites for hydroxylation is 1. The SMILES string of the molecule is Cc1cccc(NS(=O)(=O)c2cc(C(=O)Nc3ccc(S(=O)(=O)N4CCOCC4)cc3)ccc2Cl)c1C. The van der Waals surface area contributed by atoms with E-state index in [1.165, 1.54) is 46.8 Å². The van der Waals surface area contributed by atoms with Gasteiger partial charge < -0.3 is 10.1 Å². The number of benzene rings is 3. The van der Waals surface area contributed by atoms with Crippen molar-refractivity contribution in [2.24, 2.45) is 0 Å². The number of ether oxygens (including phenoxy) is 1. The summed E-state index contributed by atoms with van der Waals surface area (Å²) < 4.78 is 60.8. The molecule has 0 aliphatic carbocycles. The average Bonchev–Trinajstić information content (AvgIpc) is 2.87. The van der Waals surface area contributed by atoms with Gasteiger partial charge in [0.2, 0.25) is 10.0 Å². The van der Waals surface area contributed by atoms with E-state index in [0.29, 0.717) is 24.6 Å². The molecular weight excluding hydrogens is 538 g/mol. The summed E-state index contributed by atoms with van der Waals surface area (Å²) in [6.07, 6.45) is 0. The molecule has 1 aliphatic rings. The molecule has 3 aromatic carbocycles. The Balaban J connectivity index is 1.52. The lowest BCUT2D eigenvalue weighted by atomic mass is 10.1. The van der Waals surface area contributed by atoms with E-state index in [2.05, 4.69) is 10.0 Å². The van der Waals surface area contributed by atoms with Crippen LogP contribution in [0.25, 0.3) is 0 Å². The first-order chi connectivity index (χ1) is 17.5. The van der Waals surface area contributed by atoms with E-state index < -0.39 is 26.0 Å². The van der Waals surface area contributed by atoms with E-state index in [1.807, 2.05) is 13.0 Å². The van der Waals surface area contributed by atoms with Gasteiger partial charge in [0.05, 0.1) is 28.8 Å². The monoisotopic (exact) mass is 563 g/mol. The second-order valence-corrected chi connectivity index (χ2v) is 12.5. The predicted octanol–water partition coefficient (Wildman–Crippen LogP) is 4.03. The van der Waals surface area contributed by atoms with Gasteiger partial charge in [0.25, 0.3) is 15.9 Å². The standard InChI is InChI=1S/C25H26ClN3O6S2/c1-17-4-3-5-23(18(17)2)28-36(31,32)24-16-19(6-11-22(24)26)25(30)27-20-7-9-21(10-8-20)37(33,34)29-12-14-35-15-13-29/h3-11,16,28H,12-15H2,1-2H3,(H,27,30). The van der Waals surface area contributed by atoms with Crippen molar-refractivity contribution in [2.45, 2.75) is 23.6 Å². The topological polar surface area (TPSA) is 122 Å². The van der Waals surface area contributed by atoms with E-state index in [4.69, 9.17) is 16.3 Å². The minimum atomic E-state index is -4.09. The fourth-order valence-corrected chi connectivity index (χ4v) is 6.82. The number of carbonyl (C=O) groups is 1. The van der Waals surface area contributed by atoms with E-state index in [-0.39, 0.29) is 33.5 Å². The van der Waals surface area contributed by atoms with Crippen LogP contribution in [0.2, 0.25) is 5.02 Å². The summed E-state index contributed by atoms with van der Waals surface area (Å²) in [6.45, 7) is 4.91. The second-order valence-electron chi connectivity index (χ2n) is 8.49. The maximum absolute atomic E-state index is 13.1. The molecule has 0 saturated carbocycles. The van der Waals surface area contributed by atoms with E-state index in [1.54, 1.807) is 19.1 Å². The highest BCUT2D eigenvalue weighted by atomic mass is 35.5. The average molecular weight is 564 g/mol. The Morgan fingerprint density at radius 3 is 2.30 bits per heavy atom. The summed E-state index contributed by atoms with van der Waals surface area (Å²) in [4.78, 5) is 12.7. The van der Waals surface area contributed by atoms with Gasteiger partial charge in [-0.2, -0.15) is 4.31 Å². The van der Waals surface area contributed by atoms with Crippen molar-refractivity contribution in [1.82, 2.24) is 4.31 Å². The zero-order valence-corrected chi connectivity index (χ0v) is 22.6. The van der Waals surface area contributed by atoms with Crippen LogP contribution in [0, 0.1) is 13.8 Å². The van der Waals surface area contributed by atoms with Crippen molar-refractivity contribution in [3.05, 3.63) is 82.4 Å². The van der Waals surface area contributed by atoms with Crippen molar-refractivity contribution in [3.8, 4) is 0 Å². The normalized spacial score (nSPS) is 14.8. The molecular formula is C25H26ClN3O6S2. The minimum absolute atomic E-state index is 0.0352. The van der Waals surface area contributed by atoms with Crippen LogP contribution < -0.4 is 10.0 Å². The highest BCUT2D eigenvalue weighted by Crippen LogP contribution is 2.28. The number of hydrogen-bond donors (Lipinski definition) is 2. The Hall–Kier alpha value is -2.96. The predicted molar refractivity (Wildman–Crippen MR) is 142 cm³/mol. The first-order valence-corrected chi connectivity index (χ1v) is 14.7. The third-order valence-corrected chi connectivity index (χ3v) is 9.81. The van der Waals surface area contributed by atoms with Gasteiger partial charge in [0.15, 0.2) is 0 Å². The van der Waals surface area contributed by atoms with Crippen LogP contribution in [0.1, 0.15) is 21.5 Å². The molecule has 12 heteroatoms. The largest absolute Gasteiger partial charge is 0.379 e. The van der Waals surface area contributed by atoms with Crippen molar-refractivity contribution in [3.63, 3.8) is 0 Å². The number of nitrogens with zero attached hydrogens (tertiary/aromatic N) is 1. The molecule has 1 aliphatic heterocycles. The maximum Gasteiger partial charge on any atom is 0.263 e.